The second-order valence-electron chi connectivity index (χ2n) is 8.96. The van der Waals surface area contributed by atoms with Gasteiger partial charge in [-0.05, 0) is 20.8 Å². The van der Waals surface area contributed by atoms with E-state index in [9.17, 15) is 5.11 Å². The van der Waals surface area contributed by atoms with Gasteiger partial charge in [0.05, 0.1) is 0 Å². The van der Waals surface area contributed by atoms with Crippen molar-refractivity contribution in [3.8, 4) is 11.5 Å². The van der Waals surface area contributed by atoms with Gasteiger partial charge in [-0.15, -0.1) is 0 Å². The fraction of sp³-hybridized carbons (Fsp3) is 0.739. The number of halogens is 1. The van der Waals surface area contributed by atoms with Gasteiger partial charge in [0.1, 0.15) is 0 Å². The van der Waals surface area contributed by atoms with Gasteiger partial charge >= 0.3 is 146 Å². The molecule has 0 saturated heterocycles. The number of phenols is 1. The second kappa shape index (κ2) is 13.5. The molecule has 0 aromatic heterocycles. The van der Waals surface area contributed by atoms with E-state index in [0.717, 1.165) is 36.4 Å². The molecule has 8 heteroatoms. The summed E-state index contributed by atoms with van der Waals surface area (Å²) in [6.07, 6.45) is 6.85. The van der Waals surface area contributed by atoms with Crippen molar-refractivity contribution in [2.45, 2.75) is 65.3 Å². The van der Waals surface area contributed by atoms with Gasteiger partial charge in [-0.1, -0.05) is 0 Å². The van der Waals surface area contributed by atoms with Crippen molar-refractivity contribution in [3.63, 3.8) is 0 Å². The zero-order chi connectivity index (χ0) is 23.4. The Morgan fingerprint density at radius 1 is 0.839 bits per heavy atom. The Balaban J connectivity index is 2.32. The summed E-state index contributed by atoms with van der Waals surface area (Å²) in [5, 5.41) is 8.77. The molecule has 0 fully saturated rings. The Kier molecular flexibility index (Phi) is 12.6. The quantitative estimate of drug-likeness (QED) is 0.138. The maximum atomic E-state index is 9.89. The number of unbranched alkanes of at least 4 members (excludes halogenated alkanes) is 5. The smallest absolute Gasteiger partial charge is 0.0355 e. The average Bonchev–Trinajstić information content (AvgIpc) is 2.67. The van der Waals surface area contributed by atoms with Gasteiger partial charge in [0.25, 0.3) is 0 Å². The summed E-state index contributed by atoms with van der Waals surface area (Å²) in [5.41, 5.74) is 0. The number of rotatable bonds is 17. The molecule has 5 nitrogen and oxygen atoms in total. The molecule has 182 valence electrons. The molecule has 0 radical (unpaired) electrons. The molecule has 0 atom stereocenters. The van der Waals surface area contributed by atoms with Gasteiger partial charge in [-0.25, -0.2) is 0 Å². The van der Waals surface area contributed by atoms with Crippen LogP contribution in [-0.4, -0.2) is 60.3 Å². The number of aromatic hydroxyl groups is 1. The molecule has 0 aliphatic rings. The molecule has 31 heavy (non-hydrogen) atoms. The molecule has 0 aliphatic heterocycles. The molecule has 0 heterocycles. The molecule has 1 aromatic rings. The molecule has 0 aliphatic carbocycles. The number of phenolic OH excluding ortho intramolecular Hbond substituents is 1. The first-order chi connectivity index (χ1) is 14.5. The standard InChI is InChI=1S/C23H44BrO5PSi/c1-7-27-31(28-8-2,29-9-3)19-15-13-11-10-12-14-18-26-22-17-16-21(25)20-23(22)30(4,5,6)24/h16-17,20,25H,7-15,18-19H2,1-6H3. The SMILES string of the molecule is CCO[Si](CCCCCCCCOc1ccc(O)cc1P(C)(C)(C)Br)(OCC)OCC. The Bertz CT molecular complexity index is 624. The Labute approximate surface area is 199 Å². The summed E-state index contributed by atoms with van der Waals surface area (Å²) in [6.45, 7) is 15.2. The van der Waals surface area contributed by atoms with Crippen LogP contribution in [0.5, 0.6) is 11.5 Å². The van der Waals surface area contributed by atoms with E-state index in [1.165, 1.54) is 19.3 Å². The number of hydrogen-bond donors (Lipinski definition) is 1. The number of benzene rings is 1. The van der Waals surface area contributed by atoms with Crippen LogP contribution in [-0.2, 0) is 13.3 Å². The fourth-order valence-electron chi connectivity index (χ4n) is 3.55. The van der Waals surface area contributed by atoms with Gasteiger partial charge in [0.2, 0.25) is 0 Å². The van der Waals surface area contributed by atoms with Gasteiger partial charge in [0, 0.05) is 19.8 Å². The zero-order valence-corrected chi connectivity index (χ0v) is 23.9. The third kappa shape index (κ3) is 11.0. The summed E-state index contributed by atoms with van der Waals surface area (Å²) in [7, 11) is -2.48. The molecule has 0 spiro atoms. The Hall–Kier alpha value is -0.173. The van der Waals surface area contributed by atoms with Crippen molar-refractivity contribution in [2.75, 3.05) is 46.4 Å². The van der Waals surface area contributed by atoms with E-state index in [1.54, 1.807) is 6.07 Å². The normalized spacial score (nSPS) is 13.7. The molecule has 0 unspecified atom stereocenters. The summed E-state index contributed by atoms with van der Waals surface area (Å²) < 4.78 is 23.8. The predicted octanol–water partition coefficient (Wildman–Crippen LogP) is 6.54. The van der Waals surface area contributed by atoms with Crippen molar-refractivity contribution >= 4 is 34.9 Å². The van der Waals surface area contributed by atoms with E-state index in [4.69, 9.17) is 18.0 Å². The minimum atomic E-state index is -2.48. The van der Waals surface area contributed by atoms with Crippen LogP contribution in [0.3, 0.4) is 0 Å². The van der Waals surface area contributed by atoms with E-state index in [-0.39, 0.29) is 5.75 Å². The first kappa shape index (κ1) is 28.9. The molecular weight excluding hydrogens is 495 g/mol. The van der Waals surface area contributed by atoms with Crippen LogP contribution in [0.4, 0.5) is 0 Å². The third-order valence-corrected chi connectivity index (χ3v) is 11.3. The van der Waals surface area contributed by atoms with Crippen LogP contribution in [0.15, 0.2) is 18.2 Å². The van der Waals surface area contributed by atoms with Gasteiger partial charge in [-0.3, -0.25) is 0 Å². The summed E-state index contributed by atoms with van der Waals surface area (Å²) in [5.74, 6) is 1.16. The van der Waals surface area contributed by atoms with E-state index in [0.29, 0.717) is 26.4 Å². The van der Waals surface area contributed by atoms with Gasteiger partial charge in [-0.2, -0.15) is 0 Å². The van der Waals surface area contributed by atoms with Crippen LogP contribution in [0.2, 0.25) is 6.04 Å². The van der Waals surface area contributed by atoms with Crippen LogP contribution in [0, 0.1) is 0 Å². The first-order valence-corrected chi connectivity index (χ1v) is 19.2. The Morgan fingerprint density at radius 3 is 1.87 bits per heavy atom. The number of ether oxygens (including phenoxy) is 1. The van der Waals surface area contributed by atoms with Crippen LogP contribution >= 0.6 is 20.8 Å². The molecule has 0 saturated carbocycles. The average molecular weight is 540 g/mol. The van der Waals surface area contributed by atoms with Crippen molar-refractivity contribution in [2.24, 2.45) is 0 Å². The van der Waals surface area contributed by atoms with Crippen LogP contribution < -0.4 is 10.0 Å². The van der Waals surface area contributed by atoms with Crippen LogP contribution in [0.1, 0.15) is 59.3 Å². The molecule has 1 aromatic carbocycles. The second-order valence-corrected chi connectivity index (χ2v) is 24.8. The zero-order valence-electron chi connectivity index (χ0n) is 20.4. The molecule has 1 rings (SSSR count). The summed E-state index contributed by atoms with van der Waals surface area (Å²) >= 11 is 3.89. The van der Waals surface area contributed by atoms with E-state index >= 15 is 0 Å². The maximum absolute atomic E-state index is 9.89. The van der Waals surface area contributed by atoms with Gasteiger partial charge < -0.3 is 13.3 Å². The first-order valence-electron chi connectivity index (χ1n) is 11.6. The Morgan fingerprint density at radius 2 is 1.35 bits per heavy atom. The van der Waals surface area contributed by atoms with E-state index in [1.807, 2.05) is 32.9 Å². The van der Waals surface area contributed by atoms with Crippen molar-refractivity contribution in [1.29, 1.82) is 0 Å². The van der Waals surface area contributed by atoms with Crippen molar-refractivity contribution in [3.05, 3.63) is 18.2 Å². The fourth-order valence-corrected chi connectivity index (χ4v) is 8.52. The van der Waals surface area contributed by atoms with Crippen molar-refractivity contribution in [1.82, 2.24) is 0 Å². The van der Waals surface area contributed by atoms with E-state index < -0.39 is 14.1 Å². The maximum Gasteiger partial charge on any atom is 0.0355 e. The van der Waals surface area contributed by atoms with E-state index in [2.05, 4.69) is 35.5 Å². The van der Waals surface area contributed by atoms with Gasteiger partial charge in [0.15, 0.2) is 0 Å². The predicted molar refractivity (Wildman–Crippen MR) is 140 cm³/mol. The minimum Gasteiger partial charge on any atom is -0.374 e. The largest absolute Gasteiger partial charge is 0.374 e. The monoisotopic (exact) mass is 538 g/mol. The molecule has 1 N–H and O–H groups in total. The topological polar surface area (TPSA) is 57.2 Å². The molecule has 0 amide bonds. The summed E-state index contributed by atoms with van der Waals surface area (Å²) in [6, 6.07) is 6.32. The minimum absolute atomic E-state index is 0.284. The molecule has 0 bridgehead atoms. The van der Waals surface area contributed by atoms with Crippen LogP contribution in [0.25, 0.3) is 0 Å². The van der Waals surface area contributed by atoms with Crippen molar-refractivity contribution < 1.29 is 23.1 Å². The summed E-state index contributed by atoms with van der Waals surface area (Å²) in [4.78, 5) is 0. The number of hydrogen-bond acceptors (Lipinski definition) is 5. The molecular formula is C23H44BrO5PSi. The third-order valence-electron chi connectivity index (χ3n) is 4.98.